The lowest BCUT2D eigenvalue weighted by Gasteiger charge is -2.34. The van der Waals surface area contributed by atoms with E-state index in [1.165, 1.54) is 17.0 Å². The zero-order chi connectivity index (χ0) is 60.4. The van der Waals surface area contributed by atoms with Crippen LogP contribution in [-0.2, 0) is 59.4 Å². The standard InChI is InChI=1S/C62H77N7O13S3/c1-10-63-64-59(70)58(85(73,74)78-9)19-26-83-84-62(2,3)40-67(20-21-79-24-25-80-23-22-75-6)45-28-41(38-81-56-34-52-48(32-54(56)76-7)60(71)68-46(36-65(52)4)30-43-15-11-13-17-50(43)68)27-42(29-45)39-82-57-35-53-49(33-55(57)77-8)61(72)69-47(37-66(53)5)31-44-16-12-14-18-51(44)69/h10-18,27-29,32-35,46-47,58H,19-26,30-31,36-40H2,1-9H3,(H,64,70)/t46-,47-,58?/m0/s1. The average Bonchev–Trinajstić information content (AvgIpc) is 1.80. The molecule has 20 nitrogen and oxygen atoms in total. The fourth-order valence-corrected chi connectivity index (χ4v) is 15.1. The molecule has 23 heteroatoms. The maximum absolute atomic E-state index is 14.5. The zero-order valence-corrected chi connectivity index (χ0v) is 52.2. The van der Waals surface area contributed by atoms with Crippen molar-refractivity contribution in [2.24, 2.45) is 5.10 Å². The van der Waals surface area contributed by atoms with Crippen molar-refractivity contribution in [3.63, 3.8) is 0 Å². The highest BCUT2D eigenvalue weighted by atomic mass is 33.1. The number of anilines is 5. The van der Waals surface area contributed by atoms with Crippen molar-refractivity contribution in [2.75, 3.05) is 132 Å². The van der Waals surface area contributed by atoms with Crippen LogP contribution < -0.4 is 48.9 Å². The van der Waals surface area contributed by atoms with Crippen molar-refractivity contribution in [3.05, 3.63) is 124 Å². The summed E-state index contributed by atoms with van der Waals surface area (Å²) in [6, 6.07) is 29.6. The van der Waals surface area contributed by atoms with E-state index in [2.05, 4.69) is 63.3 Å². The molecule has 456 valence electrons. The van der Waals surface area contributed by atoms with Gasteiger partial charge in [-0.25, -0.2) is 5.43 Å². The minimum atomic E-state index is -4.20. The maximum atomic E-state index is 14.5. The number of rotatable bonds is 29. The number of hydrazone groups is 1. The van der Waals surface area contributed by atoms with E-state index < -0.39 is 26.0 Å². The first kappa shape index (κ1) is 62.8. The van der Waals surface area contributed by atoms with E-state index in [4.69, 9.17) is 37.3 Å². The van der Waals surface area contributed by atoms with Crippen LogP contribution in [0.5, 0.6) is 23.0 Å². The third-order valence-electron chi connectivity index (χ3n) is 15.4. The van der Waals surface area contributed by atoms with Crippen LogP contribution in [0.4, 0.5) is 28.4 Å². The first-order valence-electron chi connectivity index (χ1n) is 28.3. The molecule has 0 radical (unpaired) electrons. The van der Waals surface area contributed by atoms with Gasteiger partial charge in [-0.05, 0) is 105 Å². The summed E-state index contributed by atoms with van der Waals surface area (Å²) in [4.78, 5) is 52.2. The summed E-state index contributed by atoms with van der Waals surface area (Å²) < 4.78 is 72.5. The van der Waals surface area contributed by atoms with Gasteiger partial charge in [0.25, 0.3) is 27.8 Å². The molecular weight excluding hydrogens is 1150 g/mol. The van der Waals surface area contributed by atoms with E-state index in [1.54, 1.807) is 51.2 Å². The molecular formula is C62H77N7O13S3. The molecule has 4 heterocycles. The average molecular weight is 1220 g/mol. The molecule has 9 rings (SSSR count). The van der Waals surface area contributed by atoms with Crippen LogP contribution in [-0.4, -0.2) is 162 Å². The van der Waals surface area contributed by atoms with E-state index in [-0.39, 0.29) is 43.5 Å². The monoisotopic (exact) mass is 1220 g/mol. The van der Waals surface area contributed by atoms with Crippen LogP contribution in [0.15, 0.2) is 96.1 Å². The maximum Gasteiger partial charge on any atom is 0.279 e. The van der Waals surface area contributed by atoms with Crippen molar-refractivity contribution in [2.45, 2.75) is 75.3 Å². The number of methoxy groups -OCH3 is 3. The number of nitrogens with zero attached hydrogens (tertiary/aromatic N) is 6. The number of amides is 3. The Kier molecular flexibility index (Phi) is 20.8. The first-order chi connectivity index (χ1) is 41.0. The Morgan fingerprint density at radius 2 is 1.24 bits per heavy atom. The predicted molar refractivity (Wildman–Crippen MR) is 336 cm³/mol. The van der Waals surface area contributed by atoms with Gasteiger partial charge in [-0.3, -0.25) is 18.6 Å². The van der Waals surface area contributed by atoms with Gasteiger partial charge in [0.2, 0.25) is 0 Å². The second-order valence-electron chi connectivity index (χ2n) is 21.8. The number of para-hydroxylation sites is 2. The largest absolute Gasteiger partial charge is 0.493 e. The molecule has 5 aromatic carbocycles. The number of ether oxygens (including phenoxy) is 7. The fraction of sp³-hybridized carbons (Fsp3) is 0.452. The van der Waals surface area contributed by atoms with Gasteiger partial charge in [-0.2, -0.15) is 13.5 Å². The molecule has 0 aromatic heterocycles. The molecule has 85 heavy (non-hydrogen) atoms. The summed E-state index contributed by atoms with van der Waals surface area (Å²) in [5.41, 5.74) is 11.4. The number of hydrogen-bond acceptors (Lipinski definition) is 19. The molecule has 0 bridgehead atoms. The van der Waals surface area contributed by atoms with Crippen LogP contribution in [0, 0.1) is 0 Å². The van der Waals surface area contributed by atoms with E-state index in [9.17, 15) is 22.8 Å². The minimum absolute atomic E-state index is 0.00538. The minimum Gasteiger partial charge on any atom is -0.493 e. The predicted octanol–water partition coefficient (Wildman–Crippen LogP) is 8.41. The highest BCUT2D eigenvalue weighted by molar-refractivity contribution is 8.77. The SMILES string of the molecule is CC=NNC(=O)C(CCSSC(C)(C)CN(CCOCCOCCOC)c1cc(COc2cc3c(cc2OC)C(=O)N2c4ccccc4C[C@H]2CN3C)cc(COc2cc3c(cc2OC)C(=O)N2c4ccccc4C[C@H]2CN3C)c1)S(=O)(=O)OC. The third kappa shape index (κ3) is 14.6. The molecule has 0 spiro atoms. The second-order valence-corrected chi connectivity index (χ2v) is 26.8. The van der Waals surface area contributed by atoms with Crippen LogP contribution in [0.25, 0.3) is 0 Å². The lowest BCUT2D eigenvalue weighted by Crippen LogP contribution is -2.41. The van der Waals surface area contributed by atoms with Crippen LogP contribution in [0.2, 0.25) is 0 Å². The molecule has 0 aliphatic carbocycles. The number of carbonyl (C=O) groups is 3. The van der Waals surface area contributed by atoms with E-state index >= 15 is 0 Å². The summed E-state index contributed by atoms with van der Waals surface area (Å²) in [5.74, 6) is 1.11. The molecule has 0 saturated carbocycles. The Morgan fingerprint density at radius 1 is 0.718 bits per heavy atom. The number of likely N-dealkylation sites (N-methyl/N-ethyl adjacent to an activating group) is 2. The first-order valence-corrected chi connectivity index (χ1v) is 32.1. The van der Waals surface area contributed by atoms with Gasteiger partial charge in [-0.1, -0.05) is 58.0 Å². The fourth-order valence-electron chi connectivity index (χ4n) is 11.4. The van der Waals surface area contributed by atoms with E-state index in [0.717, 1.165) is 70.6 Å². The zero-order valence-electron chi connectivity index (χ0n) is 49.8. The Bertz CT molecular complexity index is 3190. The highest BCUT2D eigenvalue weighted by Gasteiger charge is 2.41. The van der Waals surface area contributed by atoms with E-state index in [1.807, 2.05) is 78.5 Å². The molecule has 5 aromatic rings. The van der Waals surface area contributed by atoms with Crippen molar-refractivity contribution in [3.8, 4) is 23.0 Å². The lowest BCUT2D eigenvalue weighted by atomic mass is 10.1. The van der Waals surface area contributed by atoms with Crippen molar-refractivity contribution in [1.29, 1.82) is 0 Å². The Balaban J connectivity index is 1.02. The summed E-state index contributed by atoms with van der Waals surface area (Å²) in [6.45, 7) is 10.3. The molecule has 4 aliphatic heterocycles. The molecule has 4 aliphatic rings. The second kappa shape index (κ2) is 28.2. The molecule has 1 unspecified atom stereocenters. The van der Waals surface area contributed by atoms with Gasteiger partial charge in [0.15, 0.2) is 28.2 Å². The Hall–Kier alpha value is -6.73. The molecule has 3 amide bonds. The molecule has 1 N–H and O–H groups in total. The van der Waals surface area contributed by atoms with Crippen molar-refractivity contribution < 1.29 is 60.1 Å². The van der Waals surface area contributed by atoms with Crippen LogP contribution in [0.1, 0.15) is 70.2 Å². The molecule has 3 atom stereocenters. The number of hydrogen-bond donors (Lipinski definition) is 1. The number of fused-ring (bicyclic) bond motifs is 8. The summed E-state index contributed by atoms with van der Waals surface area (Å²) in [6.07, 6.45) is 2.87. The molecule has 0 saturated heterocycles. The normalized spacial score (nSPS) is 16.7. The van der Waals surface area contributed by atoms with Crippen LogP contribution >= 0.6 is 21.6 Å². The summed E-state index contributed by atoms with van der Waals surface area (Å²) in [7, 11) is 8.63. The summed E-state index contributed by atoms with van der Waals surface area (Å²) >= 11 is 0. The Morgan fingerprint density at radius 3 is 1.74 bits per heavy atom. The quantitative estimate of drug-likeness (QED) is 0.0157. The Labute approximate surface area is 506 Å². The molecule has 0 fully saturated rings. The van der Waals surface area contributed by atoms with E-state index in [0.29, 0.717) is 99.1 Å². The highest BCUT2D eigenvalue weighted by Crippen LogP contribution is 2.45. The van der Waals surface area contributed by atoms with Crippen LogP contribution in [0.3, 0.4) is 0 Å². The number of nitrogens with one attached hydrogen (secondary N) is 1. The van der Waals surface area contributed by atoms with Gasteiger partial charge < -0.3 is 57.7 Å². The van der Waals surface area contributed by atoms with Gasteiger partial charge in [0, 0.05) is 93.3 Å². The van der Waals surface area contributed by atoms with Gasteiger partial charge >= 0.3 is 0 Å². The summed E-state index contributed by atoms with van der Waals surface area (Å²) in [5, 5.41) is 2.29. The van der Waals surface area contributed by atoms with Crippen molar-refractivity contribution >= 4 is 84.1 Å². The van der Waals surface area contributed by atoms with Gasteiger partial charge in [0.05, 0.1) is 88.9 Å². The van der Waals surface area contributed by atoms with Crippen molar-refractivity contribution in [1.82, 2.24) is 5.43 Å². The number of carbonyl (C=O) groups excluding carboxylic acids is 3. The lowest BCUT2D eigenvalue weighted by molar-refractivity contribution is -0.120. The number of benzene rings is 5. The van der Waals surface area contributed by atoms with Gasteiger partial charge in [0.1, 0.15) is 13.2 Å². The third-order valence-corrected chi connectivity index (χ3v) is 20.3. The van der Waals surface area contributed by atoms with Gasteiger partial charge in [-0.15, -0.1) is 0 Å². The topological polar surface area (TPSA) is 200 Å². The smallest absolute Gasteiger partial charge is 0.279 e.